The maximum atomic E-state index is 9.48. The highest BCUT2D eigenvalue weighted by Gasteiger charge is 2.28. The van der Waals surface area contributed by atoms with Crippen LogP contribution in [0.4, 0.5) is 17.1 Å². The van der Waals surface area contributed by atoms with Crippen molar-refractivity contribution in [3.63, 3.8) is 0 Å². The lowest BCUT2D eigenvalue weighted by molar-refractivity contribution is -0.666. The van der Waals surface area contributed by atoms with Crippen LogP contribution in [0.3, 0.4) is 0 Å². The van der Waals surface area contributed by atoms with Gasteiger partial charge in [-0.25, -0.2) is 14.5 Å². The number of hydrogen-bond donors (Lipinski definition) is 0. The third-order valence-electron chi connectivity index (χ3n) is 19.7. The number of furan rings is 4. The number of para-hydroxylation sites is 1. The third-order valence-corrected chi connectivity index (χ3v) is 19.7. The number of benzene rings is 8. The SMILES string of the molecule is Cc1cc(C)[n+](C)c(-c2c(C)ccc3c2oc2cccc(C#N)c23)c1.[C-]#[N+]c1ccc2c(c1)oc1c(-c3cc(C)cc(C)[n+]3C)c(C)ccc12.[C-]#[N+]c1ccc2oc3c(-c4cc(C)cc(C)[n+]4C)c(C)ccc3c2c1.[C-]#[N+]c1cccc2c1oc1c(-c3cc(C)cc(C)[n+]3C)c(C)ccc12. The predicted octanol–water partition coefficient (Wildman–Crippen LogP) is 21.5. The lowest BCUT2D eigenvalue weighted by atomic mass is 9.98. The minimum atomic E-state index is 0.558. The van der Waals surface area contributed by atoms with Crippen LogP contribution in [0, 0.1) is 114 Å². The summed E-state index contributed by atoms with van der Waals surface area (Å²) >= 11 is 0. The molecule has 0 spiro atoms. The quantitative estimate of drug-likeness (QED) is 0.129. The van der Waals surface area contributed by atoms with Crippen LogP contribution in [0.15, 0.2) is 188 Å². The lowest BCUT2D eigenvalue weighted by Crippen LogP contribution is -2.35. The van der Waals surface area contributed by atoms with Gasteiger partial charge >= 0.3 is 0 Å². The van der Waals surface area contributed by atoms with Gasteiger partial charge in [-0.1, -0.05) is 91.0 Å². The Balaban J connectivity index is 0.000000119. The maximum absolute atomic E-state index is 9.48. The van der Waals surface area contributed by atoms with E-state index in [-0.39, 0.29) is 0 Å². The van der Waals surface area contributed by atoms with Gasteiger partial charge in [-0.3, -0.25) is 0 Å². The molecule has 0 saturated carbocycles. The standard InChI is InChI=1S/4C22H19N2O/c1-13-10-15(3)24(5)19(11-13)21-14(2)6-8-18-17-9-7-16(23-4)12-20(17)25-22(18)21;1-13-10-15(3)24(5)19(11-13)21-14(2)6-8-17-18-12-16(23-4)7-9-20(18)25-22(17)21;1-13-11-15(3)24(5)19(12-13)20-14(2)9-10-17-16-7-6-8-18(23-4)21(16)25-22(17)20;1-13-10-15(3)24(4)18(11-13)20-14(2)8-9-17-21-16(12-23)6-5-7-19(21)25-22(17)20/h3*6-12H,1-3,5H3;5-11H,1-4H3/q4*+1. The smallest absolute Gasteiger partial charge is 0.229 e. The molecular formula is C88H76N8O4+4. The fourth-order valence-electron chi connectivity index (χ4n) is 14.2. The van der Waals surface area contributed by atoms with Crippen LogP contribution in [0.1, 0.15) is 72.8 Å². The third kappa shape index (κ3) is 11.6. The summed E-state index contributed by atoms with van der Waals surface area (Å²) in [5.41, 5.74) is 32.3. The number of pyridine rings is 4. The second-order valence-electron chi connectivity index (χ2n) is 26.6. The molecule has 0 N–H and O–H groups in total. The van der Waals surface area contributed by atoms with Gasteiger partial charge in [0.1, 0.15) is 72.9 Å². The Bertz CT molecular complexity index is 6150. The summed E-state index contributed by atoms with van der Waals surface area (Å²) in [7, 11) is 8.32. The molecule has 8 aromatic carbocycles. The highest BCUT2D eigenvalue weighted by molar-refractivity contribution is 6.15. The van der Waals surface area contributed by atoms with E-state index in [2.05, 4.69) is 247 Å². The van der Waals surface area contributed by atoms with Crippen molar-refractivity contribution in [1.29, 1.82) is 5.26 Å². The first-order valence-corrected chi connectivity index (χ1v) is 33.3. The molecule has 12 heteroatoms. The van der Waals surface area contributed by atoms with Crippen LogP contribution in [0.25, 0.3) is 147 Å². The fourth-order valence-corrected chi connectivity index (χ4v) is 14.2. The van der Waals surface area contributed by atoms with Gasteiger partial charge in [0, 0.05) is 119 Å². The number of hydrogen-bond acceptors (Lipinski definition) is 5. The molecular weight excluding hydrogens is 1230 g/mol. The first kappa shape index (κ1) is 66.1. The van der Waals surface area contributed by atoms with E-state index in [1.807, 2.05) is 60.7 Å². The molecule has 8 heterocycles. The first-order valence-electron chi connectivity index (χ1n) is 33.3. The van der Waals surface area contributed by atoms with E-state index >= 15 is 0 Å². The van der Waals surface area contributed by atoms with Gasteiger partial charge in [0.15, 0.2) is 34.2 Å². The number of rotatable bonds is 4. The summed E-state index contributed by atoms with van der Waals surface area (Å²) in [6.45, 7) is 47.2. The highest BCUT2D eigenvalue weighted by Crippen LogP contribution is 2.44. The highest BCUT2D eigenvalue weighted by atomic mass is 16.3. The molecule has 12 nitrogen and oxygen atoms in total. The van der Waals surface area contributed by atoms with Gasteiger partial charge in [-0.15, -0.1) is 0 Å². The second-order valence-corrected chi connectivity index (χ2v) is 26.6. The Morgan fingerprint density at radius 3 is 1.15 bits per heavy atom. The number of fused-ring (bicyclic) bond motifs is 12. The molecule has 0 unspecified atom stereocenters. The van der Waals surface area contributed by atoms with Crippen molar-refractivity contribution in [2.45, 2.75) is 83.1 Å². The van der Waals surface area contributed by atoms with Crippen LogP contribution < -0.4 is 18.3 Å². The van der Waals surface area contributed by atoms with Crippen molar-refractivity contribution >= 4 is 105 Å². The van der Waals surface area contributed by atoms with Crippen LogP contribution in [-0.4, -0.2) is 0 Å². The van der Waals surface area contributed by atoms with Crippen molar-refractivity contribution in [1.82, 2.24) is 0 Å². The molecule has 16 rings (SSSR count). The van der Waals surface area contributed by atoms with E-state index in [0.29, 0.717) is 28.2 Å². The normalized spacial score (nSPS) is 11.2. The van der Waals surface area contributed by atoms with Crippen molar-refractivity contribution < 1.29 is 35.9 Å². The molecule has 0 aliphatic heterocycles. The van der Waals surface area contributed by atoms with Gasteiger partial charge in [-0.2, -0.15) is 23.5 Å². The average Bonchev–Trinajstić information content (AvgIpc) is 1.59. The summed E-state index contributed by atoms with van der Waals surface area (Å²) in [6, 6.07) is 59.3. The fraction of sp³-hybridized carbons (Fsp3) is 0.182. The van der Waals surface area contributed by atoms with E-state index in [1.165, 1.54) is 56.2 Å². The number of aromatic nitrogens is 4. The van der Waals surface area contributed by atoms with E-state index < -0.39 is 0 Å². The van der Waals surface area contributed by atoms with E-state index in [9.17, 15) is 5.26 Å². The second kappa shape index (κ2) is 26.2. The zero-order chi connectivity index (χ0) is 70.9. The Hall–Kier alpha value is -12.5. The summed E-state index contributed by atoms with van der Waals surface area (Å²) in [5, 5.41) is 17.6. The molecule has 0 radical (unpaired) electrons. The zero-order valence-electron chi connectivity index (χ0n) is 59.4. The lowest BCUT2D eigenvalue weighted by Gasteiger charge is -2.08. The predicted molar refractivity (Wildman–Crippen MR) is 402 cm³/mol. The van der Waals surface area contributed by atoms with Gasteiger partial charge < -0.3 is 17.7 Å². The summed E-state index contributed by atoms with van der Waals surface area (Å²) in [5.74, 6) is 0. The molecule has 16 aromatic rings. The van der Waals surface area contributed by atoms with E-state index in [0.717, 1.165) is 138 Å². The number of nitrogens with zero attached hydrogens (tertiary/aromatic N) is 8. The van der Waals surface area contributed by atoms with Crippen molar-refractivity contribution in [2.75, 3.05) is 0 Å². The Kier molecular flexibility index (Phi) is 17.3. The van der Waals surface area contributed by atoms with Crippen LogP contribution in [0.5, 0.6) is 0 Å². The molecule has 0 fully saturated rings. The van der Waals surface area contributed by atoms with E-state index in [1.54, 1.807) is 12.1 Å². The van der Waals surface area contributed by atoms with Gasteiger partial charge in [-0.05, 0) is 130 Å². The molecule has 0 bridgehead atoms. The van der Waals surface area contributed by atoms with E-state index in [4.69, 9.17) is 37.4 Å². The number of nitriles is 1. The largest absolute Gasteiger partial charge is 0.466 e. The van der Waals surface area contributed by atoms with Crippen molar-refractivity contribution in [2.24, 2.45) is 28.2 Å². The summed E-state index contributed by atoms with van der Waals surface area (Å²) in [4.78, 5) is 10.7. The molecule has 0 aliphatic carbocycles. The minimum absolute atomic E-state index is 0.558. The van der Waals surface area contributed by atoms with Crippen LogP contribution in [-0.2, 0) is 28.2 Å². The molecule has 0 atom stereocenters. The number of aryl methyl sites for hydroxylation is 12. The Morgan fingerprint density at radius 1 is 0.320 bits per heavy atom. The summed E-state index contributed by atoms with van der Waals surface area (Å²) < 4.78 is 33.7. The minimum Gasteiger partial charge on any atom is -0.466 e. The first-order chi connectivity index (χ1) is 48.0. The average molecular weight is 1310 g/mol. The molecule has 488 valence electrons. The topological polar surface area (TPSA) is 105 Å². The molecule has 0 saturated heterocycles. The zero-order valence-corrected chi connectivity index (χ0v) is 59.4. The van der Waals surface area contributed by atoms with Gasteiger partial charge in [0.25, 0.3) is 0 Å². The Labute approximate surface area is 582 Å². The summed E-state index contributed by atoms with van der Waals surface area (Å²) in [6.07, 6.45) is 0. The maximum Gasteiger partial charge on any atom is 0.229 e. The Morgan fingerprint density at radius 2 is 0.690 bits per heavy atom. The van der Waals surface area contributed by atoms with Gasteiger partial charge in [0.05, 0.1) is 53.6 Å². The molecule has 8 aromatic heterocycles. The van der Waals surface area contributed by atoms with Crippen LogP contribution >= 0.6 is 0 Å². The molecule has 0 aliphatic rings. The van der Waals surface area contributed by atoms with Crippen LogP contribution in [0.2, 0.25) is 0 Å². The van der Waals surface area contributed by atoms with Crippen molar-refractivity contribution in [3.05, 3.63) is 277 Å². The van der Waals surface area contributed by atoms with Crippen molar-refractivity contribution in [3.8, 4) is 51.1 Å². The molecule has 100 heavy (non-hydrogen) atoms. The van der Waals surface area contributed by atoms with Gasteiger partial charge in [0.2, 0.25) is 28.5 Å². The molecule has 0 amide bonds. The monoisotopic (exact) mass is 1310 g/mol.